The number of hydrogen-bond acceptors (Lipinski definition) is 5. The van der Waals surface area contributed by atoms with Crippen LogP contribution in [0.1, 0.15) is 11.1 Å². The number of hydrogen-bond donors (Lipinski definition) is 1. The van der Waals surface area contributed by atoms with Gasteiger partial charge in [-0.3, -0.25) is 9.69 Å². The molecule has 2 heterocycles. The van der Waals surface area contributed by atoms with Crippen molar-refractivity contribution in [3.05, 3.63) is 59.7 Å². The summed E-state index contributed by atoms with van der Waals surface area (Å²) in [5.74, 6) is -0.505. The largest absolute Gasteiger partial charge is 0.452 e. The van der Waals surface area contributed by atoms with Gasteiger partial charge in [0, 0.05) is 24.2 Å². The van der Waals surface area contributed by atoms with Crippen molar-refractivity contribution in [2.75, 3.05) is 30.0 Å². The molecule has 0 radical (unpaired) electrons. The van der Waals surface area contributed by atoms with Crippen molar-refractivity contribution in [3.63, 3.8) is 0 Å². The Balaban J connectivity index is 1.96. The Morgan fingerprint density at radius 1 is 1.15 bits per heavy atom. The van der Waals surface area contributed by atoms with E-state index in [0.29, 0.717) is 22.6 Å². The van der Waals surface area contributed by atoms with Crippen LogP contribution in [0, 0.1) is 0 Å². The van der Waals surface area contributed by atoms with Crippen molar-refractivity contribution in [2.24, 2.45) is 4.99 Å². The molecule has 1 atom stereocenters. The lowest BCUT2D eigenvalue weighted by Gasteiger charge is -2.36. The maximum Gasteiger partial charge on any atom is 0.414 e. The van der Waals surface area contributed by atoms with E-state index in [1.54, 1.807) is 12.1 Å². The SMILES string of the molecule is COC(=O)N1CCN2C(=O)C(O)N=C(c3ccccc3)c3cccc1c32. The van der Waals surface area contributed by atoms with Gasteiger partial charge in [0.2, 0.25) is 6.23 Å². The van der Waals surface area contributed by atoms with Crippen molar-refractivity contribution in [3.8, 4) is 0 Å². The highest BCUT2D eigenvalue weighted by atomic mass is 16.5. The van der Waals surface area contributed by atoms with Crippen LogP contribution in [0.25, 0.3) is 0 Å². The highest BCUT2D eigenvalue weighted by Gasteiger charge is 2.38. The van der Waals surface area contributed by atoms with Gasteiger partial charge in [0.25, 0.3) is 5.91 Å². The fourth-order valence-corrected chi connectivity index (χ4v) is 3.39. The lowest BCUT2D eigenvalue weighted by Crippen LogP contribution is -2.48. The number of para-hydroxylation sites is 1. The predicted molar refractivity (Wildman–Crippen MR) is 96.6 cm³/mol. The normalized spacial score (nSPS) is 18.8. The third kappa shape index (κ3) is 2.44. The lowest BCUT2D eigenvalue weighted by atomic mass is 9.98. The van der Waals surface area contributed by atoms with E-state index in [0.717, 1.165) is 5.56 Å². The summed E-state index contributed by atoms with van der Waals surface area (Å²) in [5, 5.41) is 10.3. The van der Waals surface area contributed by atoms with Crippen LogP contribution in [0.4, 0.5) is 16.2 Å². The molecule has 2 aromatic carbocycles. The predicted octanol–water partition coefficient (Wildman–Crippen LogP) is 1.78. The number of aliphatic hydroxyl groups is 1. The smallest absolute Gasteiger partial charge is 0.414 e. The second kappa shape index (κ2) is 6.27. The van der Waals surface area contributed by atoms with Crippen LogP contribution in [0.5, 0.6) is 0 Å². The number of carbonyl (C=O) groups is 2. The maximum atomic E-state index is 12.7. The summed E-state index contributed by atoms with van der Waals surface area (Å²) >= 11 is 0. The Morgan fingerprint density at radius 3 is 2.65 bits per heavy atom. The molecule has 1 unspecified atom stereocenters. The van der Waals surface area contributed by atoms with Crippen molar-refractivity contribution < 1.29 is 19.4 Å². The third-order valence-electron chi connectivity index (χ3n) is 4.56. The minimum Gasteiger partial charge on any atom is -0.452 e. The summed E-state index contributed by atoms with van der Waals surface area (Å²) in [6.07, 6.45) is -1.98. The molecule has 132 valence electrons. The first-order valence-corrected chi connectivity index (χ1v) is 8.23. The third-order valence-corrected chi connectivity index (χ3v) is 4.56. The first kappa shape index (κ1) is 16.3. The molecule has 0 fully saturated rings. The Kier molecular flexibility index (Phi) is 3.93. The molecule has 2 aliphatic rings. The molecule has 2 amide bonds. The minimum atomic E-state index is -1.49. The Hall–Kier alpha value is -3.19. The fraction of sp³-hybridized carbons (Fsp3) is 0.211. The molecule has 26 heavy (non-hydrogen) atoms. The van der Waals surface area contributed by atoms with Gasteiger partial charge in [-0.25, -0.2) is 9.79 Å². The summed E-state index contributed by atoms with van der Waals surface area (Å²) < 4.78 is 4.87. The quantitative estimate of drug-likeness (QED) is 0.849. The molecule has 2 aromatic rings. The molecule has 2 aliphatic heterocycles. The van der Waals surface area contributed by atoms with E-state index in [-0.39, 0.29) is 13.1 Å². The molecular weight excluding hydrogens is 334 g/mol. The van der Waals surface area contributed by atoms with Crippen molar-refractivity contribution in [2.45, 2.75) is 6.23 Å². The summed E-state index contributed by atoms with van der Waals surface area (Å²) in [4.78, 5) is 32.1. The molecule has 1 N–H and O–H groups in total. The number of nitrogens with zero attached hydrogens (tertiary/aromatic N) is 3. The maximum absolute atomic E-state index is 12.7. The first-order valence-electron chi connectivity index (χ1n) is 8.23. The number of rotatable bonds is 1. The van der Waals surface area contributed by atoms with Crippen molar-refractivity contribution >= 4 is 29.1 Å². The van der Waals surface area contributed by atoms with Crippen LogP contribution in [0.15, 0.2) is 53.5 Å². The topological polar surface area (TPSA) is 82.4 Å². The molecule has 0 aromatic heterocycles. The van der Waals surface area contributed by atoms with Gasteiger partial charge in [0.05, 0.1) is 24.2 Å². The van der Waals surface area contributed by atoms with E-state index >= 15 is 0 Å². The zero-order chi connectivity index (χ0) is 18.3. The van der Waals surface area contributed by atoms with Gasteiger partial charge < -0.3 is 14.7 Å². The number of amides is 2. The first-order chi connectivity index (χ1) is 12.6. The van der Waals surface area contributed by atoms with Crippen molar-refractivity contribution in [1.29, 1.82) is 0 Å². The van der Waals surface area contributed by atoms with Gasteiger partial charge in [0.1, 0.15) is 0 Å². The van der Waals surface area contributed by atoms with Gasteiger partial charge in [0.15, 0.2) is 0 Å². The highest BCUT2D eigenvalue weighted by Crippen LogP contribution is 2.39. The Morgan fingerprint density at radius 2 is 1.92 bits per heavy atom. The van der Waals surface area contributed by atoms with Gasteiger partial charge in [-0.15, -0.1) is 0 Å². The number of aliphatic hydroxyl groups excluding tert-OH is 1. The van der Waals surface area contributed by atoms with E-state index in [1.165, 1.54) is 16.9 Å². The molecule has 7 heteroatoms. The van der Waals surface area contributed by atoms with Crippen LogP contribution in [0.2, 0.25) is 0 Å². The van der Waals surface area contributed by atoms with E-state index in [4.69, 9.17) is 4.74 Å². The van der Waals surface area contributed by atoms with Crippen LogP contribution in [-0.2, 0) is 9.53 Å². The number of benzene rings is 2. The lowest BCUT2D eigenvalue weighted by molar-refractivity contribution is -0.126. The average Bonchev–Trinajstić information content (AvgIpc) is 2.80. The van der Waals surface area contributed by atoms with Crippen LogP contribution < -0.4 is 9.80 Å². The van der Waals surface area contributed by atoms with Crippen LogP contribution in [-0.4, -0.2) is 49.2 Å². The van der Waals surface area contributed by atoms with Crippen LogP contribution in [0.3, 0.4) is 0 Å². The molecule has 0 spiro atoms. The molecule has 0 aliphatic carbocycles. The molecule has 7 nitrogen and oxygen atoms in total. The van der Waals surface area contributed by atoms with Gasteiger partial charge in [-0.2, -0.15) is 0 Å². The number of aliphatic imine (C=N–C) groups is 1. The monoisotopic (exact) mass is 351 g/mol. The summed E-state index contributed by atoms with van der Waals surface area (Å²) in [7, 11) is 1.32. The molecule has 0 saturated heterocycles. The second-order valence-corrected chi connectivity index (χ2v) is 6.00. The summed E-state index contributed by atoms with van der Waals surface area (Å²) in [6.45, 7) is 0.537. The van der Waals surface area contributed by atoms with E-state index < -0.39 is 18.2 Å². The standard InChI is InChI=1S/C19H17N3O4/c1-26-19(25)21-10-11-22-16-13(8-5-9-14(16)21)15(20-17(23)18(22)24)12-6-3-2-4-7-12/h2-9,17,23H,10-11H2,1H3. The van der Waals surface area contributed by atoms with E-state index in [2.05, 4.69) is 4.99 Å². The molecule has 4 rings (SSSR count). The van der Waals surface area contributed by atoms with Gasteiger partial charge in [-0.05, 0) is 6.07 Å². The molecule has 0 bridgehead atoms. The minimum absolute atomic E-state index is 0.257. The summed E-state index contributed by atoms with van der Waals surface area (Å²) in [5.41, 5.74) is 3.11. The van der Waals surface area contributed by atoms with E-state index in [9.17, 15) is 14.7 Å². The Labute approximate surface area is 150 Å². The zero-order valence-corrected chi connectivity index (χ0v) is 14.1. The van der Waals surface area contributed by atoms with Gasteiger partial charge >= 0.3 is 6.09 Å². The van der Waals surface area contributed by atoms with Crippen molar-refractivity contribution in [1.82, 2.24) is 0 Å². The zero-order valence-electron chi connectivity index (χ0n) is 14.1. The highest BCUT2D eigenvalue weighted by molar-refractivity contribution is 6.22. The number of ether oxygens (including phenoxy) is 1. The van der Waals surface area contributed by atoms with E-state index in [1.807, 2.05) is 36.4 Å². The Bertz CT molecular complexity index is 910. The molecule has 0 saturated carbocycles. The van der Waals surface area contributed by atoms with Crippen LogP contribution >= 0.6 is 0 Å². The average molecular weight is 351 g/mol. The number of methoxy groups -OCH3 is 1. The second-order valence-electron chi connectivity index (χ2n) is 6.00. The fourth-order valence-electron chi connectivity index (χ4n) is 3.39. The number of carbonyl (C=O) groups excluding carboxylic acids is 2. The summed E-state index contributed by atoms with van der Waals surface area (Å²) in [6, 6.07) is 14.7. The molecular formula is C19H17N3O4. The number of anilines is 2. The van der Waals surface area contributed by atoms with Gasteiger partial charge in [-0.1, -0.05) is 42.5 Å².